The molecule has 6 nitrogen and oxygen atoms in total. The normalized spacial score (nSPS) is 23.0. The van der Waals surface area contributed by atoms with Crippen LogP contribution in [0.2, 0.25) is 0 Å². The summed E-state index contributed by atoms with van der Waals surface area (Å²) in [4.78, 5) is 20.4. The molecule has 0 aliphatic carbocycles. The maximum absolute atomic E-state index is 13.3. The molecule has 0 saturated carbocycles. The third-order valence-electron chi connectivity index (χ3n) is 5.63. The number of amides is 1. The second-order valence-electron chi connectivity index (χ2n) is 7.93. The van der Waals surface area contributed by atoms with Crippen molar-refractivity contribution in [3.63, 3.8) is 0 Å². The molecule has 0 spiro atoms. The largest absolute Gasteiger partial charge is 0.376 e. The van der Waals surface area contributed by atoms with Gasteiger partial charge in [0, 0.05) is 29.6 Å². The number of aryl methyl sites for hydroxylation is 1. The van der Waals surface area contributed by atoms with E-state index in [0.717, 1.165) is 28.3 Å². The lowest BCUT2D eigenvalue weighted by molar-refractivity contribution is -0.134. The van der Waals surface area contributed by atoms with Crippen molar-refractivity contribution >= 4 is 27.1 Å². The van der Waals surface area contributed by atoms with Crippen molar-refractivity contribution in [1.82, 2.24) is 9.88 Å². The molecule has 162 valence electrons. The van der Waals surface area contributed by atoms with Crippen molar-refractivity contribution in [2.24, 2.45) is 0 Å². The minimum Gasteiger partial charge on any atom is -0.376 e. The van der Waals surface area contributed by atoms with Gasteiger partial charge in [-0.15, -0.1) is 11.3 Å². The van der Waals surface area contributed by atoms with Crippen molar-refractivity contribution in [3.05, 3.63) is 40.0 Å². The molecule has 2 fully saturated rings. The van der Waals surface area contributed by atoms with Crippen molar-refractivity contribution in [1.29, 1.82) is 0 Å². The van der Waals surface area contributed by atoms with E-state index in [0.29, 0.717) is 25.3 Å². The number of ether oxygens (including phenoxy) is 1. The summed E-state index contributed by atoms with van der Waals surface area (Å²) in [5.74, 6) is -0.307. The fraction of sp³-hybridized carbons (Fsp3) is 0.524. The third-order valence-corrected chi connectivity index (χ3v) is 8.35. The highest BCUT2D eigenvalue weighted by molar-refractivity contribution is 7.91. The first-order chi connectivity index (χ1) is 14.3. The molecule has 1 aromatic carbocycles. The number of thiazole rings is 1. The lowest BCUT2D eigenvalue weighted by Crippen LogP contribution is -2.45. The van der Waals surface area contributed by atoms with Gasteiger partial charge >= 0.3 is 0 Å². The lowest BCUT2D eigenvalue weighted by Gasteiger charge is -2.30. The summed E-state index contributed by atoms with van der Waals surface area (Å²) in [6.45, 7) is 2.97. The number of halogens is 1. The van der Waals surface area contributed by atoms with Crippen molar-refractivity contribution in [2.75, 3.05) is 24.7 Å². The van der Waals surface area contributed by atoms with E-state index in [1.54, 1.807) is 17.0 Å². The quantitative estimate of drug-likeness (QED) is 0.674. The number of carbonyl (C=O) groups is 1. The Kier molecular flexibility index (Phi) is 6.22. The fourth-order valence-corrected chi connectivity index (χ4v) is 6.82. The second-order valence-corrected chi connectivity index (χ2v) is 11.4. The zero-order chi connectivity index (χ0) is 21.3. The Bertz CT molecular complexity index is 1010. The van der Waals surface area contributed by atoms with Crippen LogP contribution >= 0.6 is 11.3 Å². The summed E-state index contributed by atoms with van der Waals surface area (Å²) in [5, 5.41) is 0.825. The molecule has 0 unspecified atom stereocenters. The molecule has 2 aliphatic heterocycles. The van der Waals surface area contributed by atoms with E-state index in [-0.39, 0.29) is 41.8 Å². The molecule has 1 aromatic heterocycles. The van der Waals surface area contributed by atoms with Crippen LogP contribution in [-0.2, 0) is 25.8 Å². The van der Waals surface area contributed by atoms with Gasteiger partial charge in [0.2, 0.25) is 5.91 Å². The molecule has 30 heavy (non-hydrogen) atoms. The van der Waals surface area contributed by atoms with Crippen molar-refractivity contribution in [2.45, 2.75) is 44.8 Å². The SMILES string of the molecule is Cc1nc(-c2ccc(F)cc2)c(CC(=O)N(C[C@@H]2CCCO2)[C@@H]2CCS(=O)(=O)C2)s1. The molecule has 4 rings (SSSR count). The number of nitrogens with zero attached hydrogens (tertiary/aromatic N) is 2. The van der Waals surface area contributed by atoms with Gasteiger partial charge in [0.15, 0.2) is 9.84 Å². The monoisotopic (exact) mass is 452 g/mol. The molecule has 9 heteroatoms. The third kappa shape index (κ3) is 4.90. The zero-order valence-electron chi connectivity index (χ0n) is 16.8. The smallest absolute Gasteiger partial charge is 0.228 e. The highest BCUT2D eigenvalue weighted by atomic mass is 32.2. The Hall–Kier alpha value is -1.84. The van der Waals surface area contributed by atoms with Gasteiger partial charge in [0.05, 0.1) is 34.7 Å². The van der Waals surface area contributed by atoms with Gasteiger partial charge in [0.1, 0.15) is 5.82 Å². The Morgan fingerprint density at radius 2 is 2.07 bits per heavy atom. The minimum atomic E-state index is -3.11. The van der Waals surface area contributed by atoms with Crippen LogP contribution in [0.4, 0.5) is 4.39 Å². The van der Waals surface area contributed by atoms with E-state index < -0.39 is 9.84 Å². The van der Waals surface area contributed by atoms with Gasteiger partial charge in [-0.05, 0) is 50.5 Å². The maximum Gasteiger partial charge on any atom is 0.228 e. The molecule has 1 amide bonds. The average Bonchev–Trinajstić information content (AvgIpc) is 3.41. The molecule has 3 heterocycles. The molecule has 0 bridgehead atoms. The number of carbonyl (C=O) groups excluding carboxylic acids is 1. The van der Waals surface area contributed by atoms with Crippen LogP contribution in [0.3, 0.4) is 0 Å². The van der Waals surface area contributed by atoms with Gasteiger partial charge in [-0.25, -0.2) is 17.8 Å². The Morgan fingerprint density at radius 3 is 2.70 bits per heavy atom. The van der Waals surface area contributed by atoms with E-state index in [4.69, 9.17) is 4.74 Å². The molecular weight excluding hydrogens is 427 g/mol. The van der Waals surface area contributed by atoms with Crippen LogP contribution in [0, 0.1) is 12.7 Å². The maximum atomic E-state index is 13.3. The molecule has 2 aliphatic rings. The number of benzene rings is 1. The first-order valence-electron chi connectivity index (χ1n) is 10.1. The number of sulfone groups is 1. The number of rotatable bonds is 6. The summed E-state index contributed by atoms with van der Waals surface area (Å²) < 4.78 is 43.1. The summed E-state index contributed by atoms with van der Waals surface area (Å²) in [6, 6.07) is 5.76. The van der Waals surface area contributed by atoms with E-state index in [2.05, 4.69) is 4.98 Å². The fourth-order valence-electron chi connectivity index (χ4n) is 4.14. The molecule has 2 aromatic rings. The standard InChI is InChI=1S/C21H25FN2O4S2/c1-14-23-21(15-4-6-16(22)7-5-15)19(29-14)11-20(25)24(12-18-3-2-9-28-18)17-8-10-30(26,27)13-17/h4-7,17-18H,2-3,8-13H2,1H3/t17-,18+/m1/s1. The Labute approximate surface area is 180 Å². The van der Waals surface area contributed by atoms with E-state index >= 15 is 0 Å². The lowest BCUT2D eigenvalue weighted by atomic mass is 10.1. The second kappa shape index (κ2) is 8.72. The first kappa shape index (κ1) is 21.4. The van der Waals surface area contributed by atoms with Gasteiger partial charge in [0.25, 0.3) is 0 Å². The van der Waals surface area contributed by atoms with Crippen LogP contribution in [0.15, 0.2) is 24.3 Å². The van der Waals surface area contributed by atoms with Gasteiger partial charge in [-0.1, -0.05) is 0 Å². The van der Waals surface area contributed by atoms with Crippen LogP contribution in [0.25, 0.3) is 11.3 Å². The summed E-state index contributed by atoms with van der Waals surface area (Å²) in [5.41, 5.74) is 1.44. The predicted molar refractivity (Wildman–Crippen MR) is 114 cm³/mol. The van der Waals surface area contributed by atoms with Crippen LogP contribution in [-0.4, -0.2) is 61.0 Å². The van der Waals surface area contributed by atoms with Crippen LogP contribution < -0.4 is 0 Å². The zero-order valence-corrected chi connectivity index (χ0v) is 18.5. The van der Waals surface area contributed by atoms with Gasteiger partial charge < -0.3 is 9.64 Å². The molecular formula is C21H25FN2O4S2. The Morgan fingerprint density at radius 1 is 1.30 bits per heavy atom. The first-order valence-corrected chi connectivity index (χ1v) is 12.8. The highest BCUT2D eigenvalue weighted by Crippen LogP contribution is 2.30. The van der Waals surface area contributed by atoms with Gasteiger partial charge in [-0.3, -0.25) is 4.79 Å². The molecule has 2 atom stereocenters. The topological polar surface area (TPSA) is 76.6 Å². The average molecular weight is 453 g/mol. The Balaban J connectivity index is 1.57. The molecule has 2 saturated heterocycles. The number of hydrogen-bond acceptors (Lipinski definition) is 6. The predicted octanol–water partition coefficient (Wildman–Crippen LogP) is 2.99. The van der Waals surface area contributed by atoms with Crippen LogP contribution in [0.5, 0.6) is 0 Å². The van der Waals surface area contributed by atoms with Crippen molar-refractivity contribution in [3.8, 4) is 11.3 Å². The van der Waals surface area contributed by atoms with E-state index in [1.165, 1.54) is 23.5 Å². The minimum absolute atomic E-state index is 0.0119. The highest BCUT2D eigenvalue weighted by Gasteiger charge is 2.36. The molecule has 0 N–H and O–H groups in total. The van der Waals surface area contributed by atoms with E-state index in [1.807, 2.05) is 6.92 Å². The summed E-state index contributed by atoms with van der Waals surface area (Å²) in [7, 11) is -3.11. The van der Waals surface area contributed by atoms with Crippen LogP contribution in [0.1, 0.15) is 29.1 Å². The number of hydrogen-bond donors (Lipinski definition) is 0. The van der Waals surface area contributed by atoms with Crippen molar-refractivity contribution < 1.29 is 22.3 Å². The number of aromatic nitrogens is 1. The summed E-state index contributed by atoms with van der Waals surface area (Å²) in [6.07, 6.45) is 2.40. The van der Waals surface area contributed by atoms with E-state index in [9.17, 15) is 17.6 Å². The van der Waals surface area contributed by atoms with Gasteiger partial charge in [-0.2, -0.15) is 0 Å². The summed E-state index contributed by atoms with van der Waals surface area (Å²) >= 11 is 1.44. The molecule has 0 radical (unpaired) electrons.